The second kappa shape index (κ2) is 3.62. The minimum Gasteiger partial charge on any atom is -0.289 e. The summed E-state index contributed by atoms with van der Waals surface area (Å²) in [6.07, 6.45) is 10.8. The molecule has 1 saturated carbocycles. The highest BCUT2D eigenvalue weighted by Crippen LogP contribution is 2.41. The van der Waals surface area contributed by atoms with Gasteiger partial charge in [0, 0.05) is 5.57 Å². The number of carbonyl (C=O) groups is 1. The lowest BCUT2D eigenvalue weighted by Gasteiger charge is -2.10. The largest absolute Gasteiger partial charge is 0.289 e. The SMILES string of the molecule is O=C1C2=C(CCCC2)CC1=C1CCCC1. The van der Waals surface area contributed by atoms with Crippen LogP contribution in [0.25, 0.3) is 0 Å². The fourth-order valence-electron chi connectivity index (χ4n) is 3.30. The molecule has 0 amide bonds. The maximum Gasteiger partial charge on any atom is 0.185 e. The Bertz CT molecular complexity index is 363. The third-order valence-electron chi connectivity index (χ3n) is 4.15. The van der Waals surface area contributed by atoms with E-state index in [-0.39, 0.29) is 0 Å². The highest BCUT2D eigenvalue weighted by molar-refractivity contribution is 6.12. The normalized spacial score (nSPS) is 26.5. The van der Waals surface area contributed by atoms with Gasteiger partial charge in [-0.25, -0.2) is 0 Å². The van der Waals surface area contributed by atoms with Crippen LogP contribution in [0.4, 0.5) is 0 Å². The summed E-state index contributed by atoms with van der Waals surface area (Å²) in [4.78, 5) is 12.2. The Morgan fingerprint density at radius 2 is 1.27 bits per heavy atom. The molecular formula is C14H18O. The van der Waals surface area contributed by atoms with Crippen molar-refractivity contribution in [3.05, 3.63) is 22.3 Å². The van der Waals surface area contributed by atoms with E-state index in [2.05, 4.69) is 0 Å². The average Bonchev–Trinajstić information content (AvgIpc) is 2.87. The summed E-state index contributed by atoms with van der Waals surface area (Å²) in [5.74, 6) is 0.432. The van der Waals surface area contributed by atoms with Crippen LogP contribution >= 0.6 is 0 Å². The van der Waals surface area contributed by atoms with Crippen LogP contribution in [0.2, 0.25) is 0 Å². The molecule has 3 aliphatic rings. The first-order chi connectivity index (χ1) is 7.36. The van der Waals surface area contributed by atoms with Gasteiger partial charge in [0.2, 0.25) is 0 Å². The van der Waals surface area contributed by atoms with E-state index >= 15 is 0 Å². The lowest BCUT2D eigenvalue weighted by atomic mass is 9.94. The van der Waals surface area contributed by atoms with Gasteiger partial charge in [0.05, 0.1) is 0 Å². The van der Waals surface area contributed by atoms with Crippen molar-refractivity contribution in [2.24, 2.45) is 0 Å². The number of hydrogen-bond acceptors (Lipinski definition) is 1. The molecule has 0 aromatic heterocycles. The van der Waals surface area contributed by atoms with Crippen LogP contribution in [0.15, 0.2) is 22.3 Å². The summed E-state index contributed by atoms with van der Waals surface area (Å²) in [5.41, 5.74) is 5.39. The Labute approximate surface area is 91.2 Å². The van der Waals surface area contributed by atoms with Crippen molar-refractivity contribution in [3.63, 3.8) is 0 Å². The van der Waals surface area contributed by atoms with Gasteiger partial charge in [-0.15, -0.1) is 0 Å². The number of ketones is 1. The molecule has 15 heavy (non-hydrogen) atoms. The van der Waals surface area contributed by atoms with Crippen LogP contribution in [-0.2, 0) is 4.79 Å². The zero-order valence-corrected chi connectivity index (χ0v) is 9.27. The van der Waals surface area contributed by atoms with Crippen molar-refractivity contribution < 1.29 is 4.79 Å². The van der Waals surface area contributed by atoms with Crippen LogP contribution in [-0.4, -0.2) is 5.78 Å². The molecule has 1 heteroatoms. The highest BCUT2D eigenvalue weighted by Gasteiger charge is 2.31. The number of carbonyl (C=O) groups excluding carboxylic acids is 1. The molecule has 1 fully saturated rings. The number of hydrogen-bond donors (Lipinski definition) is 0. The van der Waals surface area contributed by atoms with Crippen molar-refractivity contribution in [1.29, 1.82) is 0 Å². The Balaban J connectivity index is 1.93. The van der Waals surface area contributed by atoms with E-state index in [0.717, 1.165) is 12.8 Å². The predicted octanol–water partition coefficient (Wildman–Crippen LogP) is 3.70. The van der Waals surface area contributed by atoms with Gasteiger partial charge in [-0.3, -0.25) is 4.79 Å². The van der Waals surface area contributed by atoms with Gasteiger partial charge in [0.25, 0.3) is 0 Å². The molecule has 3 rings (SSSR count). The topological polar surface area (TPSA) is 17.1 Å². The Hall–Kier alpha value is -0.850. The van der Waals surface area contributed by atoms with Crippen LogP contribution in [0.1, 0.15) is 57.8 Å². The van der Waals surface area contributed by atoms with Crippen molar-refractivity contribution in [2.45, 2.75) is 57.8 Å². The fourth-order valence-corrected chi connectivity index (χ4v) is 3.30. The molecule has 0 spiro atoms. The van der Waals surface area contributed by atoms with E-state index in [4.69, 9.17) is 0 Å². The van der Waals surface area contributed by atoms with Crippen LogP contribution in [0.5, 0.6) is 0 Å². The molecule has 80 valence electrons. The van der Waals surface area contributed by atoms with Crippen molar-refractivity contribution in [2.75, 3.05) is 0 Å². The van der Waals surface area contributed by atoms with E-state index in [1.54, 1.807) is 0 Å². The highest BCUT2D eigenvalue weighted by atomic mass is 16.1. The maximum atomic E-state index is 12.2. The maximum absolute atomic E-state index is 12.2. The third-order valence-corrected chi connectivity index (χ3v) is 4.15. The standard InChI is InChI=1S/C14H18O/c15-14-12-8-4-3-7-11(12)9-13(14)10-5-1-2-6-10/h1-9H2. The molecule has 0 aromatic rings. The number of allylic oxidation sites excluding steroid dienone is 4. The first kappa shape index (κ1) is 9.38. The molecule has 0 radical (unpaired) electrons. The van der Waals surface area contributed by atoms with Crippen molar-refractivity contribution in [1.82, 2.24) is 0 Å². The smallest absolute Gasteiger partial charge is 0.185 e. The summed E-state index contributed by atoms with van der Waals surface area (Å²) in [6, 6.07) is 0. The van der Waals surface area contributed by atoms with Crippen LogP contribution in [0, 0.1) is 0 Å². The second-order valence-corrected chi connectivity index (χ2v) is 5.08. The predicted molar refractivity (Wildman–Crippen MR) is 60.6 cm³/mol. The van der Waals surface area contributed by atoms with Gasteiger partial charge >= 0.3 is 0 Å². The molecule has 0 unspecified atom stereocenters. The van der Waals surface area contributed by atoms with Gasteiger partial charge in [0.15, 0.2) is 5.78 Å². The minimum absolute atomic E-state index is 0.432. The fraction of sp³-hybridized carbons (Fsp3) is 0.643. The summed E-state index contributed by atoms with van der Waals surface area (Å²) < 4.78 is 0. The molecule has 0 atom stereocenters. The van der Waals surface area contributed by atoms with E-state index in [1.165, 1.54) is 67.2 Å². The first-order valence-electron chi connectivity index (χ1n) is 6.33. The lowest BCUT2D eigenvalue weighted by molar-refractivity contribution is -0.112. The zero-order chi connectivity index (χ0) is 10.3. The van der Waals surface area contributed by atoms with Gasteiger partial charge in [0.1, 0.15) is 0 Å². The van der Waals surface area contributed by atoms with E-state index < -0.39 is 0 Å². The molecular weight excluding hydrogens is 184 g/mol. The van der Waals surface area contributed by atoms with Gasteiger partial charge in [-0.05, 0) is 63.4 Å². The van der Waals surface area contributed by atoms with Crippen LogP contribution in [0.3, 0.4) is 0 Å². The van der Waals surface area contributed by atoms with Gasteiger partial charge in [-0.1, -0.05) is 11.1 Å². The second-order valence-electron chi connectivity index (χ2n) is 5.08. The van der Waals surface area contributed by atoms with Crippen molar-refractivity contribution >= 4 is 5.78 Å². The van der Waals surface area contributed by atoms with E-state index in [1.807, 2.05) is 0 Å². The molecule has 1 nitrogen and oxygen atoms in total. The molecule has 3 aliphatic carbocycles. The zero-order valence-electron chi connectivity index (χ0n) is 9.27. The molecule has 0 aliphatic heterocycles. The Morgan fingerprint density at radius 3 is 1.93 bits per heavy atom. The quantitative estimate of drug-likeness (QED) is 0.547. The van der Waals surface area contributed by atoms with E-state index in [9.17, 15) is 4.79 Å². The minimum atomic E-state index is 0.432. The molecule has 0 bridgehead atoms. The van der Waals surface area contributed by atoms with Gasteiger partial charge in [-0.2, -0.15) is 0 Å². The summed E-state index contributed by atoms with van der Waals surface area (Å²) in [6.45, 7) is 0. The molecule has 0 N–H and O–H groups in total. The number of Topliss-reactive ketones (excluding diaryl/α,β-unsaturated/α-hetero) is 1. The Morgan fingerprint density at radius 1 is 0.667 bits per heavy atom. The summed E-state index contributed by atoms with van der Waals surface area (Å²) in [7, 11) is 0. The average molecular weight is 202 g/mol. The Kier molecular flexibility index (Phi) is 2.27. The molecule has 0 heterocycles. The van der Waals surface area contributed by atoms with Crippen molar-refractivity contribution in [3.8, 4) is 0 Å². The lowest BCUT2D eigenvalue weighted by Crippen LogP contribution is -2.03. The summed E-state index contributed by atoms with van der Waals surface area (Å²) >= 11 is 0. The van der Waals surface area contributed by atoms with Crippen LogP contribution < -0.4 is 0 Å². The first-order valence-corrected chi connectivity index (χ1v) is 6.33. The monoisotopic (exact) mass is 202 g/mol. The third kappa shape index (κ3) is 1.49. The van der Waals surface area contributed by atoms with Gasteiger partial charge < -0.3 is 0 Å². The summed E-state index contributed by atoms with van der Waals surface area (Å²) in [5, 5.41) is 0. The van der Waals surface area contributed by atoms with E-state index in [0.29, 0.717) is 5.78 Å². The number of rotatable bonds is 0. The molecule has 0 saturated heterocycles. The molecule has 0 aromatic carbocycles.